The molecule has 4 heteroatoms. The van der Waals surface area contributed by atoms with E-state index < -0.39 is 0 Å². The van der Waals surface area contributed by atoms with Crippen LogP contribution in [-0.2, 0) is 11.3 Å². The van der Waals surface area contributed by atoms with Crippen LogP contribution >= 0.6 is 0 Å². The normalized spacial score (nSPS) is 28.1. The van der Waals surface area contributed by atoms with Crippen molar-refractivity contribution in [2.75, 3.05) is 13.6 Å². The molecule has 2 aliphatic rings. The Labute approximate surface area is 100 Å². The Morgan fingerprint density at radius 3 is 2.94 bits per heavy atom. The zero-order chi connectivity index (χ0) is 12.0. The largest absolute Gasteiger partial charge is 0.508 e. The fraction of sp³-hybridized carbons (Fsp3) is 0.462. The van der Waals surface area contributed by atoms with Crippen LogP contribution in [0.3, 0.4) is 0 Å². The van der Waals surface area contributed by atoms with Crippen LogP contribution < -0.4 is 0 Å². The second-order valence-corrected chi connectivity index (χ2v) is 4.98. The first-order valence-electron chi connectivity index (χ1n) is 5.94. The van der Waals surface area contributed by atoms with Gasteiger partial charge in [0.15, 0.2) is 0 Å². The van der Waals surface area contributed by atoms with Gasteiger partial charge in [-0.05, 0) is 31.2 Å². The zero-order valence-electron chi connectivity index (χ0n) is 9.84. The van der Waals surface area contributed by atoms with Gasteiger partial charge in [-0.2, -0.15) is 0 Å². The van der Waals surface area contributed by atoms with Crippen LogP contribution in [0.15, 0.2) is 24.3 Å². The van der Waals surface area contributed by atoms with Crippen LogP contribution in [0.25, 0.3) is 0 Å². The van der Waals surface area contributed by atoms with Crippen LogP contribution in [-0.4, -0.2) is 46.5 Å². The first kappa shape index (κ1) is 10.6. The second kappa shape index (κ2) is 3.74. The summed E-state index contributed by atoms with van der Waals surface area (Å²) in [6.45, 7) is 1.58. The van der Waals surface area contributed by atoms with Crippen molar-refractivity contribution in [3.05, 3.63) is 29.8 Å². The van der Waals surface area contributed by atoms with Gasteiger partial charge in [-0.15, -0.1) is 0 Å². The molecular weight excluding hydrogens is 216 g/mol. The molecule has 2 heterocycles. The highest BCUT2D eigenvalue weighted by molar-refractivity contribution is 5.85. The molecule has 1 aromatic carbocycles. The minimum Gasteiger partial charge on any atom is -0.508 e. The third-order valence-corrected chi connectivity index (χ3v) is 3.80. The van der Waals surface area contributed by atoms with E-state index in [0.717, 1.165) is 18.5 Å². The Morgan fingerprint density at radius 2 is 2.29 bits per heavy atom. The third kappa shape index (κ3) is 1.69. The lowest BCUT2D eigenvalue weighted by atomic mass is 10.2. The molecule has 0 aliphatic carbocycles. The van der Waals surface area contributed by atoms with Gasteiger partial charge in [-0.3, -0.25) is 9.69 Å². The number of nitrogens with zero attached hydrogens (tertiary/aromatic N) is 2. The topological polar surface area (TPSA) is 43.8 Å². The van der Waals surface area contributed by atoms with Crippen LogP contribution in [0.2, 0.25) is 0 Å². The molecule has 17 heavy (non-hydrogen) atoms. The molecule has 0 saturated carbocycles. The van der Waals surface area contributed by atoms with E-state index in [4.69, 9.17) is 0 Å². The lowest BCUT2D eigenvalue weighted by molar-refractivity contribution is -0.136. The molecule has 0 aromatic heterocycles. The SMILES string of the molecule is CN1CC2CC1C(=O)N2Cc1cccc(O)c1. The monoisotopic (exact) mass is 232 g/mol. The average molecular weight is 232 g/mol. The Morgan fingerprint density at radius 1 is 1.47 bits per heavy atom. The summed E-state index contributed by atoms with van der Waals surface area (Å²) in [5.74, 6) is 0.489. The van der Waals surface area contributed by atoms with Crippen molar-refractivity contribution in [1.82, 2.24) is 9.80 Å². The molecule has 4 nitrogen and oxygen atoms in total. The second-order valence-electron chi connectivity index (χ2n) is 4.98. The van der Waals surface area contributed by atoms with Gasteiger partial charge in [-0.1, -0.05) is 12.1 Å². The minimum atomic E-state index is 0.0808. The van der Waals surface area contributed by atoms with Gasteiger partial charge in [-0.25, -0.2) is 0 Å². The van der Waals surface area contributed by atoms with Crippen molar-refractivity contribution >= 4 is 5.91 Å². The quantitative estimate of drug-likeness (QED) is 0.820. The molecule has 2 saturated heterocycles. The number of aromatic hydroxyl groups is 1. The van der Waals surface area contributed by atoms with E-state index in [0.29, 0.717) is 12.6 Å². The molecule has 2 fully saturated rings. The van der Waals surface area contributed by atoms with Gasteiger partial charge in [0.2, 0.25) is 5.91 Å². The van der Waals surface area contributed by atoms with E-state index >= 15 is 0 Å². The summed E-state index contributed by atoms with van der Waals surface area (Å²) in [7, 11) is 2.01. The Bertz CT molecular complexity index is 460. The van der Waals surface area contributed by atoms with E-state index in [1.165, 1.54) is 0 Å². The van der Waals surface area contributed by atoms with Crippen molar-refractivity contribution < 1.29 is 9.90 Å². The summed E-state index contributed by atoms with van der Waals surface area (Å²) < 4.78 is 0. The summed E-state index contributed by atoms with van der Waals surface area (Å²) >= 11 is 0. The number of likely N-dealkylation sites (tertiary alicyclic amines) is 2. The number of amides is 1. The molecule has 2 atom stereocenters. The number of benzene rings is 1. The standard InChI is InChI=1S/C13H16N2O2/c1-14-8-10-6-12(14)13(17)15(10)7-9-3-2-4-11(16)5-9/h2-5,10,12,16H,6-8H2,1H3. The number of phenols is 1. The highest BCUT2D eigenvalue weighted by Gasteiger charge is 2.47. The molecule has 2 bridgehead atoms. The van der Waals surface area contributed by atoms with E-state index in [2.05, 4.69) is 4.90 Å². The number of fused-ring (bicyclic) bond motifs is 2. The lowest BCUT2D eigenvalue weighted by Crippen LogP contribution is -2.48. The van der Waals surface area contributed by atoms with Gasteiger partial charge < -0.3 is 10.0 Å². The predicted octanol–water partition coefficient (Wildman–Crippen LogP) is 0.807. The van der Waals surface area contributed by atoms with Crippen LogP contribution in [0, 0.1) is 0 Å². The van der Waals surface area contributed by atoms with Gasteiger partial charge in [0, 0.05) is 19.1 Å². The van der Waals surface area contributed by atoms with Gasteiger partial charge in [0.05, 0.1) is 6.04 Å². The first-order chi connectivity index (χ1) is 8.15. The predicted molar refractivity (Wildman–Crippen MR) is 63.5 cm³/mol. The number of phenolic OH excluding ortho intramolecular Hbond substituents is 1. The van der Waals surface area contributed by atoms with Crippen molar-refractivity contribution in [3.63, 3.8) is 0 Å². The van der Waals surface area contributed by atoms with Gasteiger partial charge >= 0.3 is 0 Å². The van der Waals surface area contributed by atoms with Crippen molar-refractivity contribution in [1.29, 1.82) is 0 Å². The number of hydrogen-bond donors (Lipinski definition) is 1. The molecule has 1 aromatic rings. The molecule has 2 unspecified atom stereocenters. The Hall–Kier alpha value is -1.55. The molecule has 2 aliphatic heterocycles. The summed E-state index contributed by atoms with van der Waals surface area (Å²) in [5.41, 5.74) is 0.994. The van der Waals surface area contributed by atoms with Crippen LogP contribution in [0.1, 0.15) is 12.0 Å². The first-order valence-corrected chi connectivity index (χ1v) is 5.94. The fourth-order valence-electron chi connectivity index (χ4n) is 2.92. The zero-order valence-corrected chi connectivity index (χ0v) is 9.84. The highest BCUT2D eigenvalue weighted by atomic mass is 16.3. The Kier molecular flexibility index (Phi) is 2.33. The highest BCUT2D eigenvalue weighted by Crippen LogP contribution is 2.31. The summed E-state index contributed by atoms with van der Waals surface area (Å²) in [6.07, 6.45) is 0.953. The van der Waals surface area contributed by atoms with Gasteiger partial charge in [0.1, 0.15) is 5.75 Å². The molecule has 0 radical (unpaired) electrons. The molecule has 90 valence electrons. The number of hydrogen-bond acceptors (Lipinski definition) is 3. The van der Waals surface area contributed by atoms with E-state index in [-0.39, 0.29) is 17.7 Å². The maximum Gasteiger partial charge on any atom is 0.240 e. The van der Waals surface area contributed by atoms with E-state index in [1.807, 2.05) is 24.1 Å². The molecular formula is C13H16N2O2. The van der Waals surface area contributed by atoms with Crippen LogP contribution in [0.4, 0.5) is 0 Å². The third-order valence-electron chi connectivity index (χ3n) is 3.80. The number of likely N-dealkylation sites (N-methyl/N-ethyl adjacent to an activating group) is 1. The van der Waals surface area contributed by atoms with Crippen LogP contribution in [0.5, 0.6) is 5.75 Å². The Balaban J connectivity index is 1.77. The van der Waals surface area contributed by atoms with Crippen molar-refractivity contribution in [2.45, 2.75) is 25.0 Å². The molecule has 3 rings (SSSR count). The maximum absolute atomic E-state index is 12.1. The minimum absolute atomic E-state index is 0.0808. The lowest BCUT2D eigenvalue weighted by Gasteiger charge is -2.31. The molecule has 1 amide bonds. The summed E-state index contributed by atoms with van der Waals surface area (Å²) in [5, 5.41) is 9.42. The number of carbonyl (C=O) groups is 1. The maximum atomic E-state index is 12.1. The molecule has 1 N–H and O–H groups in total. The average Bonchev–Trinajstić information content (AvgIpc) is 2.78. The number of piperazine rings is 1. The van der Waals surface area contributed by atoms with Gasteiger partial charge in [0.25, 0.3) is 0 Å². The summed E-state index contributed by atoms with van der Waals surface area (Å²) in [4.78, 5) is 16.2. The number of rotatable bonds is 2. The summed E-state index contributed by atoms with van der Waals surface area (Å²) in [6, 6.07) is 7.56. The van der Waals surface area contributed by atoms with E-state index in [1.54, 1.807) is 12.1 Å². The smallest absolute Gasteiger partial charge is 0.240 e. The van der Waals surface area contributed by atoms with Crippen molar-refractivity contribution in [3.8, 4) is 5.75 Å². The van der Waals surface area contributed by atoms with E-state index in [9.17, 15) is 9.90 Å². The number of carbonyl (C=O) groups excluding carboxylic acids is 1. The van der Waals surface area contributed by atoms with Crippen molar-refractivity contribution in [2.24, 2.45) is 0 Å². The molecule has 0 spiro atoms. The fourth-order valence-corrected chi connectivity index (χ4v) is 2.92.